The number of allylic oxidation sites excluding steroid dienone is 2. The van der Waals surface area contributed by atoms with Crippen LogP contribution < -0.4 is 10.6 Å². The lowest BCUT2D eigenvalue weighted by Gasteiger charge is -2.20. The SMILES string of the molecule is CN=C(NCc1c(C)nn(C)c1C)NCC1CC=CCC1.I. The molecule has 1 aromatic heterocycles. The molecule has 0 spiro atoms. The van der Waals surface area contributed by atoms with Crippen molar-refractivity contribution in [2.45, 2.75) is 39.7 Å². The third-order valence-corrected chi connectivity index (χ3v) is 4.25. The average molecular weight is 417 g/mol. The van der Waals surface area contributed by atoms with Crippen LogP contribution in [-0.4, -0.2) is 29.3 Å². The molecule has 1 aliphatic carbocycles. The van der Waals surface area contributed by atoms with E-state index in [0.29, 0.717) is 0 Å². The second-order valence-corrected chi connectivity index (χ2v) is 5.73. The molecule has 2 rings (SSSR count). The normalized spacial score (nSPS) is 18.0. The lowest BCUT2D eigenvalue weighted by atomic mass is 9.94. The van der Waals surface area contributed by atoms with Gasteiger partial charge in [-0.1, -0.05) is 12.2 Å². The van der Waals surface area contributed by atoms with Gasteiger partial charge in [0, 0.05) is 38.4 Å². The number of hydrogen-bond donors (Lipinski definition) is 2. The molecule has 6 heteroatoms. The third-order valence-electron chi connectivity index (χ3n) is 4.25. The fraction of sp³-hybridized carbons (Fsp3) is 0.625. The first kappa shape index (κ1) is 19.0. The van der Waals surface area contributed by atoms with E-state index in [9.17, 15) is 0 Å². The second kappa shape index (κ2) is 9.17. The molecule has 0 saturated heterocycles. The van der Waals surface area contributed by atoms with Crippen molar-refractivity contribution < 1.29 is 0 Å². The van der Waals surface area contributed by atoms with E-state index in [1.165, 1.54) is 30.5 Å². The van der Waals surface area contributed by atoms with E-state index in [0.717, 1.165) is 30.7 Å². The van der Waals surface area contributed by atoms with Crippen molar-refractivity contribution in [1.29, 1.82) is 0 Å². The molecule has 1 aliphatic rings. The minimum atomic E-state index is 0. The fourth-order valence-corrected chi connectivity index (χ4v) is 2.75. The van der Waals surface area contributed by atoms with Crippen LogP contribution in [0, 0.1) is 19.8 Å². The minimum absolute atomic E-state index is 0. The molecule has 124 valence electrons. The summed E-state index contributed by atoms with van der Waals surface area (Å²) in [6.07, 6.45) is 8.20. The summed E-state index contributed by atoms with van der Waals surface area (Å²) in [5, 5.41) is 11.3. The van der Waals surface area contributed by atoms with Gasteiger partial charge in [0.15, 0.2) is 5.96 Å². The van der Waals surface area contributed by atoms with E-state index in [2.05, 4.69) is 46.7 Å². The minimum Gasteiger partial charge on any atom is -0.356 e. The van der Waals surface area contributed by atoms with E-state index < -0.39 is 0 Å². The Hall–Kier alpha value is -1.05. The van der Waals surface area contributed by atoms with Crippen molar-refractivity contribution in [3.63, 3.8) is 0 Å². The van der Waals surface area contributed by atoms with Gasteiger partial charge in [-0.2, -0.15) is 5.10 Å². The van der Waals surface area contributed by atoms with Crippen molar-refractivity contribution in [2.75, 3.05) is 13.6 Å². The van der Waals surface area contributed by atoms with Gasteiger partial charge in [0.2, 0.25) is 0 Å². The molecule has 1 unspecified atom stereocenters. The molecular weight excluding hydrogens is 389 g/mol. The summed E-state index contributed by atoms with van der Waals surface area (Å²) in [6, 6.07) is 0. The number of guanidine groups is 1. The van der Waals surface area contributed by atoms with Gasteiger partial charge in [-0.05, 0) is 39.0 Å². The maximum Gasteiger partial charge on any atom is 0.191 e. The first-order valence-corrected chi connectivity index (χ1v) is 7.70. The number of rotatable bonds is 4. The van der Waals surface area contributed by atoms with E-state index in [-0.39, 0.29) is 24.0 Å². The highest BCUT2D eigenvalue weighted by Gasteiger charge is 2.12. The highest BCUT2D eigenvalue weighted by Crippen LogP contribution is 2.16. The predicted molar refractivity (Wildman–Crippen MR) is 103 cm³/mol. The summed E-state index contributed by atoms with van der Waals surface area (Å²) >= 11 is 0. The highest BCUT2D eigenvalue weighted by atomic mass is 127. The van der Waals surface area contributed by atoms with Crippen LogP contribution in [0.25, 0.3) is 0 Å². The van der Waals surface area contributed by atoms with Crippen LogP contribution in [0.15, 0.2) is 17.1 Å². The molecular formula is C16H28IN5. The Balaban J connectivity index is 0.00000242. The Morgan fingerprint density at radius 3 is 2.68 bits per heavy atom. The van der Waals surface area contributed by atoms with Crippen molar-refractivity contribution in [3.05, 3.63) is 29.1 Å². The van der Waals surface area contributed by atoms with Gasteiger partial charge in [0.05, 0.1) is 5.69 Å². The first-order valence-electron chi connectivity index (χ1n) is 7.70. The Morgan fingerprint density at radius 1 is 1.36 bits per heavy atom. The molecule has 0 aliphatic heterocycles. The van der Waals surface area contributed by atoms with Crippen molar-refractivity contribution >= 4 is 29.9 Å². The summed E-state index contributed by atoms with van der Waals surface area (Å²) in [5.41, 5.74) is 3.53. The number of hydrogen-bond acceptors (Lipinski definition) is 2. The van der Waals surface area contributed by atoms with E-state index in [4.69, 9.17) is 0 Å². The molecule has 0 radical (unpaired) electrons. The molecule has 0 bridgehead atoms. The smallest absolute Gasteiger partial charge is 0.191 e. The molecule has 0 saturated carbocycles. The molecule has 0 aromatic carbocycles. The molecule has 22 heavy (non-hydrogen) atoms. The van der Waals surface area contributed by atoms with E-state index in [1.54, 1.807) is 0 Å². The highest BCUT2D eigenvalue weighted by molar-refractivity contribution is 14.0. The molecule has 0 fully saturated rings. The second-order valence-electron chi connectivity index (χ2n) is 5.73. The molecule has 0 amide bonds. The van der Waals surface area contributed by atoms with Gasteiger partial charge >= 0.3 is 0 Å². The third kappa shape index (κ3) is 5.00. The summed E-state index contributed by atoms with van der Waals surface area (Å²) in [5.74, 6) is 1.59. The predicted octanol–water partition coefficient (Wildman–Crippen LogP) is 2.68. The number of nitrogens with one attached hydrogen (secondary N) is 2. The van der Waals surface area contributed by atoms with Crippen LogP contribution >= 0.6 is 24.0 Å². The molecule has 2 N–H and O–H groups in total. The Morgan fingerprint density at radius 2 is 2.14 bits per heavy atom. The van der Waals surface area contributed by atoms with Crippen molar-refractivity contribution in [2.24, 2.45) is 18.0 Å². The molecule has 1 heterocycles. The summed E-state index contributed by atoms with van der Waals surface area (Å²) < 4.78 is 1.93. The van der Waals surface area contributed by atoms with Crippen LogP contribution in [0.3, 0.4) is 0 Å². The summed E-state index contributed by atoms with van der Waals surface area (Å²) in [7, 11) is 3.80. The zero-order valence-electron chi connectivity index (χ0n) is 14.0. The quantitative estimate of drug-likeness (QED) is 0.343. The number of aromatic nitrogens is 2. The first-order chi connectivity index (χ1) is 10.1. The lowest BCUT2D eigenvalue weighted by molar-refractivity contribution is 0.469. The van der Waals surface area contributed by atoms with Crippen LogP contribution in [0.5, 0.6) is 0 Å². The molecule has 1 atom stereocenters. The maximum absolute atomic E-state index is 4.44. The van der Waals surface area contributed by atoms with Gasteiger partial charge in [-0.15, -0.1) is 24.0 Å². The van der Waals surface area contributed by atoms with Crippen LogP contribution in [-0.2, 0) is 13.6 Å². The monoisotopic (exact) mass is 417 g/mol. The number of aliphatic imine (C=N–C) groups is 1. The molecule has 5 nitrogen and oxygen atoms in total. The van der Waals surface area contributed by atoms with Gasteiger partial charge < -0.3 is 10.6 Å². The largest absolute Gasteiger partial charge is 0.356 e. The Labute approximate surface area is 150 Å². The van der Waals surface area contributed by atoms with Gasteiger partial charge in [-0.3, -0.25) is 9.67 Å². The average Bonchev–Trinajstić information content (AvgIpc) is 2.74. The molecule has 1 aromatic rings. The lowest BCUT2D eigenvalue weighted by Crippen LogP contribution is -2.39. The maximum atomic E-state index is 4.44. The van der Waals surface area contributed by atoms with Crippen molar-refractivity contribution in [1.82, 2.24) is 20.4 Å². The standard InChI is InChI=1S/C16H27N5.HI/c1-12-15(13(2)21(4)20-12)11-19-16(17-3)18-10-14-8-6-5-7-9-14;/h5-6,14H,7-11H2,1-4H3,(H2,17,18,19);1H. The van der Waals surface area contributed by atoms with E-state index >= 15 is 0 Å². The van der Waals surface area contributed by atoms with Crippen LogP contribution in [0.1, 0.15) is 36.2 Å². The van der Waals surface area contributed by atoms with E-state index in [1.807, 2.05) is 18.8 Å². The summed E-state index contributed by atoms with van der Waals surface area (Å²) in [6.45, 7) is 5.89. The van der Waals surface area contributed by atoms with Gasteiger partial charge in [-0.25, -0.2) is 0 Å². The van der Waals surface area contributed by atoms with Crippen LogP contribution in [0.4, 0.5) is 0 Å². The summed E-state index contributed by atoms with van der Waals surface area (Å²) in [4.78, 5) is 4.30. The fourth-order valence-electron chi connectivity index (χ4n) is 2.75. The van der Waals surface area contributed by atoms with Gasteiger partial charge in [0.1, 0.15) is 0 Å². The Kier molecular flexibility index (Phi) is 7.92. The number of halogens is 1. The zero-order valence-corrected chi connectivity index (χ0v) is 16.3. The van der Waals surface area contributed by atoms with Crippen LogP contribution in [0.2, 0.25) is 0 Å². The zero-order chi connectivity index (χ0) is 15.2. The van der Waals surface area contributed by atoms with Gasteiger partial charge in [0.25, 0.3) is 0 Å². The van der Waals surface area contributed by atoms with Crippen molar-refractivity contribution in [3.8, 4) is 0 Å². The Bertz CT molecular complexity index is 533. The number of aryl methyl sites for hydroxylation is 2. The topological polar surface area (TPSA) is 54.2 Å². The number of nitrogens with zero attached hydrogens (tertiary/aromatic N) is 3.